The zero-order chi connectivity index (χ0) is 18.1. The molecule has 130 valence electrons. The molecular weight excluding hydrogens is 320 g/mol. The number of aryl methyl sites for hydroxylation is 1. The van der Waals surface area contributed by atoms with Gasteiger partial charge in [-0.25, -0.2) is 4.98 Å². The summed E-state index contributed by atoms with van der Waals surface area (Å²) in [7, 11) is 0. The summed E-state index contributed by atoms with van der Waals surface area (Å²) in [4.78, 5) is 16.8. The molecule has 0 aliphatic rings. The maximum absolute atomic E-state index is 12.2. The quantitative estimate of drug-likeness (QED) is 0.832. The molecule has 0 aliphatic carbocycles. The number of hydrogen-bond acceptors (Lipinski definition) is 5. The first-order chi connectivity index (χ1) is 11.0. The van der Waals surface area contributed by atoms with Gasteiger partial charge in [0.1, 0.15) is 5.82 Å². The van der Waals surface area contributed by atoms with E-state index in [4.69, 9.17) is 0 Å². The van der Waals surface area contributed by atoms with E-state index in [-0.39, 0.29) is 11.3 Å². The highest BCUT2D eigenvalue weighted by Crippen LogP contribution is 2.28. The Hall–Kier alpha value is -1.95. The monoisotopic (exact) mass is 346 g/mol. The van der Waals surface area contributed by atoms with E-state index in [1.165, 1.54) is 11.5 Å². The molecule has 2 aromatic rings. The van der Waals surface area contributed by atoms with E-state index in [9.17, 15) is 4.79 Å². The first-order valence-corrected chi connectivity index (χ1v) is 8.77. The molecule has 1 amide bonds. The molecule has 1 heterocycles. The topological polar surface area (TPSA) is 66.9 Å². The lowest BCUT2D eigenvalue weighted by Crippen LogP contribution is -2.27. The van der Waals surface area contributed by atoms with Crippen molar-refractivity contribution >= 4 is 33.9 Å². The zero-order valence-corrected chi connectivity index (χ0v) is 16.3. The van der Waals surface area contributed by atoms with Gasteiger partial charge in [0.2, 0.25) is 11.0 Å². The van der Waals surface area contributed by atoms with Crippen molar-refractivity contribution in [1.82, 2.24) is 9.36 Å². The van der Waals surface area contributed by atoms with Crippen LogP contribution in [0.25, 0.3) is 0 Å². The Morgan fingerprint density at radius 2 is 1.79 bits per heavy atom. The third-order valence-electron chi connectivity index (χ3n) is 3.52. The molecule has 0 radical (unpaired) electrons. The largest absolute Gasteiger partial charge is 0.330 e. The molecule has 0 saturated heterocycles. The summed E-state index contributed by atoms with van der Waals surface area (Å²) >= 11 is 1.34. The lowest BCUT2D eigenvalue weighted by molar-refractivity contribution is -0.123. The molecule has 1 aromatic heterocycles. The van der Waals surface area contributed by atoms with Gasteiger partial charge in [-0.3, -0.25) is 4.79 Å². The first kappa shape index (κ1) is 18.4. The van der Waals surface area contributed by atoms with Gasteiger partial charge < -0.3 is 10.6 Å². The van der Waals surface area contributed by atoms with Crippen LogP contribution in [0.4, 0.5) is 16.5 Å². The Labute approximate surface area is 148 Å². The van der Waals surface area contributed by atoms with Crippen LogP contribution < -0.4 is 10.6 Å². The van der Waals surface area contributed by atoms with Gasteiger partial charge in [-0.1, -0.05) is 47.6 Å². The highest BCUT2D eigenvalue weighted by atomic mass is 32.1. The number of hydrogen-bond donors (Lipinski definition) is 2. The minimum Gasteiger partial charge on any atom is -0.330 e. The van der Waals surface area contributed by atoms with Crippen LogP contribution in [0, 0.1) is 12.3 Å². The third-order valence-corrected chi connectivity index (χ3v) is 4.15. The van der Waals surface area contributed by atoms with E-state index in [1.807, 2.05) is 45.9 Å². The second-order valence-corrected chi connectivity index (χ2v) is 8.78. The van der Waals surface area contributed by atoms with Crippen LogP contribution in [0.15, 0.2) is 18.2 Å². The fraction of sp³-hybridized carbons (Fsp3) is 0.500. The Bertz CT molecular complexity index is 738. The maximum atomic E-state index is 12.2. The number of anilines is 3. The van der Waals surface area contributed by atoms with Crippen molar-refractivity contribution < 1.29 is 4.79 Å². The minimum atomic E-state index is -0.434. The van der Waals surface area contributed by atoms with Crippen LogP contribution in [0.5, 0.6) is 0 Å². The number of carbonyl (C=O) groups excluding carboxylic acids is 1. The van der Waals surface area contributed by atoms with Crippen molar-refractivity contribution in [1.29, 1.82) is 0 Å². The number of carbonyl (C=O) groups is 1. The molecule has 24 heavy (non-hydrogen) atoms. The highest BCUT2D eigenvalue weighted by Gasteiger charge is 2.22. The predicted octanol–water partition coefficient (Wildman–Crippen LogP) is 4.87. The molecule has 6 heteroatoms. The molecular formula is C18H26N4OS. The van der Waals surface area contributed by atoms with Gasteiger partial charge in [0, 0.05) is 33.7 Å². The first-order valence-electron chi connectivity index (χ1n) is 8.00. The van der Waals surface area contributed by atoms with Crippen molar-refractivity contribution in [2.45, 2.75) is 53.9 Å². The van der Waals surface area contributed by atoms with Gasteiger partial charge in [-0.15, -0.1) is 0 Å². The van der Waals surface area contributed by atoms with Crippen molar-refractivity contribution in [3.8, 4) is 0 Å². The molecule has 0 fully saturated rings. The molecule has 1 aromatic carbocycles. The number of amides is 1. The zero-order valence-electron chi connectivity index (χ0n) is 15.4. The lowest BCUT2D eigenvalue weighted by atomic mass is 9.95. The minimum absolute atomic E-state index is 0.00585. The Balaban J connectivity index is 2.19. The van der Waals surface area contributed by atoms with Crippen LogP contribution in [0.1, 0.15) is 52.9 Å². The fourth-order valence-electron chi connectivity index (χ4n) is 1.85. The number of rotatable bonds is 3. The average molecular weight is 347 g/mol. The van der Waals surface area contributed by atoms with Gasteiger partial charge in [0.25, 0.3) is 0 Å². The van der Waals surface area contributed by atoms with Crippen molar-refractivity contribution in [3.05, 3.63) is 29.6 Å². The van der Waals surface area contributed by atoms with Crippen molar-refractivity contribution in [3.63, 3.8) is 0 Å². The molecule has 5 nitrogen and oxygen atoms in total. The van der Waals surface area contributed by atoms with Crippen molar-refractivity contribution in [2.24, 2.45) is 5.41 Å². The molecule has 0 bridgehead atoms. The van der Waals surface area contributed by atoms with E-state index in [0.717, 1.165) is 27.9 Å². The maximum Gasteiger partial charge on any atom is 0.229 e. The summed E-state index contributed by atoms with van der Waals surface area (Å²) in [5.41, 5.74) is 2.19. The number of nitrogens with one attached hydrogen (secondary N) is 2. The second-order valence-electron chi connectivity index (χ2n) is 8.03. The van der Waals surface area contributed by atoms with Gasteiger partial charge in [-0.2, -0.15) is 4.37 Å². The van der Waals surface area contributed by atoms with E-state index in [1.54, 1.807) is 0 Å². The third kappa shape index (κ3) is 4.54. The molecule has 2 N–H and O–H groups in total. The molecule has 0 saturated carbocycles. The van der Waals surface area contributed by atoms with Gasteiger partial charge in [0.05, 0.1) is 0 Å². The molecule has 2 rings (SSSR count). The van der Waals surface area contributed by atoms with Gasteiger partial charge in [0.15, 0.2) is 0 Å². The summed E-state index contributed by atoms with van der Waals surface area (Å²) in [5.74, 6) is 0.817. The van der Waals surface area contributed by atoms with E-state index >= 15 is 0 Å². The van der Waals surface area contributed by atoms with Crippen LogP contribution >= 0.6 is 11.5 Å². The summed E-state index contributed by atoms with van der Waals surface area (Å²) in [6.07, 6.45) is 0. The summed E-state index contributed by atoms with van der Waals surface area (Å²) in [6.45, 7) is 13.9. The van der Waals surface area contributed by atoms with Gasteiger partial charge >= 0.3 is 0 Å². The predicted molar refractivity (Wildman–Crippen MR) is 101 cm³/mol. The van der Waals surface area contributed by atoms with E-state index in [2.05, 4.69) is 40.8 Å². The molecule has 0 unspecified atom stereocenters. The number of aromatic nitrogens is 2. The average Bonchev–Trinajstić information content (AvgIpc) is 2.90. The number of nitrogens with zero attached hydrogens (tertiary/aromatic N) is 2. The Morgan fingerprint density at radius 1 is 1.12 bits per heavy atom. The SMILES string of the molecule is Cc1ccc(Nc2nc(C(C)(C)C)ns2)cc1NC(=O)C(C)(C)C. The Kier molecular flexibility index (Phi) is 4.99. The smallest absolute Gasteiger partial charge is 0.229 e. The lowest BCUT2D eigenvalue weighted by Gasteiger charge is -2.19. The van der Waals surface area contributed by atoms with Crippen LogP contribution in [-0.4, -0.2) is 15.3 Å². The van der Waals surface area contributed by atoms with Gasteiger partial charge in [-0.05, 0) is 24.6 Å². The number of benzene rings is 1. The van der Waals surface area contributed by atoms with Crippen LogP contribution in [0.2, 0.25) is 0 Å². The van der Waals surface area contributed by atoms with Crippen molar-refractivity contribution in [2.75, 3.05) is 10.6 Å². The standard InChI is InChI=1S/C18H26N4OS/c1-11-8-9-12(10-13(11)20-15(23)18(5,6)7)19-16-21-14(22-24-16)17(2,3)4/h8-10H,1-7H3,(H,20,23)(H,19,21,22). The molecule has 0 atom stereocenters. The van der Waals surface area contributed by atoms with Crippen LogP contribution in [-0.2, 0) is 10.2 Å². The van der Waals surface area contributed by atoms with E-state index in [0.29, 0.717) is 0 Å². The normalized spacial score (nSPS) is 12.1. The Morgan fingerprint density at radius 3 is 2.33 bits per heavy atom. The molecule has 0 spiro atoms. The van der Waals surface area contributed by atoms with E-state index < -0.39 is 5.41 Å². The fourth-order valence-corrected chi connectivity index (χ4v) is 2.63. The van der Waals surface area contributed by atoms with Crippen LogP contribution in [0.3, 0.4) is 0 Å². The summed E-state index contributed by atoms with van der Waals surface area (Å²) < 4.78 is 4.40. The highest BCUT2D eigenvalue weighted by molar-refractivity contribution is 7.09. The molecule has 0 aliphatic heterocycles. The summed E-state index contributed by atoms with van der Waals surface area (Å²) in [6, 6.07) is 5.88. The second kappa shape index (κ2) is 6.51. The summed E-state index contributed by atoms with van der Waals surface area (Å²) in [5, 5.41) is 7.01.